The number of amides is 1. The van der Waals surface area contributed by atoms with Crippen molar-refractivity contribution < 1.29 is 19.2 Å². The van der Waals surface area contributed by atoms with Gasteiger partial charge in [-0.25, -0.2) is 4.79 Å². The third kappa shape index (κ3) is 4.16. The Kier molecular flexibility index (Phi) is 5.54. The molecule has 0 fully saturated rings. The summed E-state index contributed by atoms with van der Waals surface area (Å²) in [6.45, 7) is 3.68. The Labute approximate surface area is 156 Å². The molecule has 8 nitrogen and oxygen atoms in total. The molecule has 0 spiro atoms. The van der Waals surface area contributed by atoms with Crippen LogP contribution in [0.4, 0.5) is 0 Å². The summed E-state index contributed by atoms with van der Waals surface area (Å²) in [7, 11) is 0. The first-order valence-electron chi connectivity index (χ1n) is 8.90. The monoisotopic (exact) mass is 370 g/mol. The van der Waals surface area contributed by atoms with Crippen LogP contribution < -0.4 is 5.32 Å². The number of aliphatic carboxylic acids is 1. The van der Waals surface area contributed by atoms with Crippen LogP contribution in [0.5, 0.6) is 0 Å². The van der Waals surface area contributed by atoms with Gasteiger partial charge in [-0.15, -0.1) is 0 Å². The van der Waals surface area contributed by atoms with Gasteiger partial charge in [0.05, 0.1) is 0 Å². The Hall–Kier alpha value is -3.16. The van der Waals surface area contributed by atoms with Gasteiger partial charge in [0, 0.05) is 35.5 Å². The van der Waals surface area contributed by atoms with Crippen LogP contribution in [-0.2, 0) is 16.0 Å². The molecule has 0 unspecified atom stereocenters. The van der Waals surface area contributed by atoms with Crippen LogP contribution in [0.15, 0.2) is 35.0 Å². The van der Waals surface area contributed by atoms with Crippen molar-refractivity contribution in [2.24, 2.45) is 5.92 Å². The number of hydrogen-bond acceptors (Lipinski definition) is 5. The Morgan fingerprint density at radius 3 is 2.89 bits per heavy atom. The number of carbonyl (C=O) groups is 2. The molecule has 1 aromatic carbocycles. The maximum absolute atomic E-state index is 12.1. The van der Waals surface area contributed by atoms with Crippen LogP contribution in [0.1, 0.15) is 32.6 Å². The zero-order valence-electron chi connectivity index (χ0n) is 15.2. The largest absolute Gasteiger partial charge is 0.480 e. The molecule has 8 heteroatoms. The quantitative estimate of drug-likeness (QED) is 0.560. The minimum Gasteiger partial charge on any atom is -0.480 e. The maximum atomic E-state index is 12.1. The Morgan fingerprint density at radius 2 is 2.15 bits per heavy atom. The van der Waals surface area contributed by atoms with Crippen molar-refractivity contribution in [1.82, 2.24) is 20.4 Å². The summed E-state index contributed by atoms with van der Waals surface area (Å²) >= 11 is 0. The first-order valence-corrected chi connectivity index (χ1v) is 8.90. The number of aromatic nitrogens is 3. The van der Waals surface area contributed by atoms with Gasteiger partial charge in [-0.2, -0.15) is 4.98 Å². The minimum atomic E-state index is -1.03. The van der Waals surface area contributed by atoms with Crippen molar-refractivity contribution in [3.63, 3.8) is 0 Å². The lowest BCUT2D eigenvalue weighted by molar-refractivity contribution is -0.143. The topological polar surface area (TPSA) is 121 Å². The van der Waals surface area contributed by atoms with Gasteiger partial charge in [-0.05, 0) is 18.1 Å². The van der Waals surface area contributed by atoms with Crippen molar-refractivity contribution >= 4 is 22.8 Å². The number of H-pyrrole nitrogens is 1. The number of carboxylic acids is 1. The van der Waals surface area contributed by atoms with Crippen molar-refractivity contribution in [3.8, 4) is 11.4 Å². The van der Waals surface area contributed by atoms with E-state index < -0.39 is 12.0 Å². The van der Waals surface area contributed by atoms with Crippen molar-refractivity contribution in [2.45, 2.75) is 39.2 Å². The van der Waals surface area contributed by atoms with Gasteiger partial charge in [0.2, 0.25) is 17.6 Å². The van der Waals surface area contributed by atoms with Crippen LogP contribution >= 0.6 is 0 Å². The molecule has 1 amide bonds. The molecule has 0 saturated carbocycles. The average Bonchev–Trinajstić information content (AvgIpc) is 3.32. The van der Waals surface area contributed by atoms with Crippen molar-refractivity contribution in [1.29, 1.82) is 0 Å². The summed E-state index contributed by atoms with van der Waals surface area (Å²) in [6.07, 6.45) is 2.83. The van der Waals surface area contributed by atoms with Crippen LogP contribution in [0.3, 0.4) is 0 Å². The summed E-state index contributed by atoms with van der Waals surface area (Å²) in [6, 6.07) is 6.81. The van der Waals surface area contributed by atoms with Gasteiger partial charge in [0.25, 0.3) is 0 Å². The second kappa shape index (κ2) is 8.03. The number of hydrogen-bond donors (Lipinski definition) is 3. The highest BCUT2D eigenvalue weighted by Gasteiger charge is 2.25. The standard InChI is InChI=1S/C19H22N4O4/c1-3-11(2)17(19(25)26)21-15(24)7-8-16-22-18(23-27-16)13-5-4-6-14-12(13)9-10-20-14/h4-6,9-11,17,20H,3,7-8H2,1-2H3,(H,21,24)(H,25,26)/t11-,17-/m0/s1. The normalized spacial score (nSPS) is 13.4. The van der Waals surface area contributed by atoms with Crippen molar-refractivity contribution in [2.75, 3.05) is 0 Å². The minimum absolute atomic E-state index is 0.0796. The zero-order chi connectivity index (χ0) is 19.4. The molecule has 2 aromatic heterocycles. The molecule has 2 heterocycles. The number of aryl methyl sites for hydroxylation is 1. The van der Waals surface area contributed by atoms with Crippen LogP contribution in [0.25, 0.3) is 22.3 Å². The van der Waals surface area contributed by atoms with Crippen LogP contribution in [0, 0.1) is 5.92 Å². The highest BCUT2D eigenvalue weighted by atomic mass is 16.5. The molecule has 3 rings (SSSR count). The summed E-state index contributed by atoms with van der Waals surface area (Å²) in [5.41, 5.74) is 1.82. The molecule has 3 N–H and O–H groups in total. The van der Waals surface area contributed by atoms with Gasteiger partial charge in [-0.3, -0.25) is 4.79 Å². The van der Waals surface area contributed by atoms with E-state index in [4.69, 9.17) is 4.52 Å². The number of rotatable bonds is 8. The van der Waals surface area contributed by atoms with E-state index in [0.717, 1.165) is 16.5 Å². The molecular weight excluding hydrogens is 348 g/mol. The van der Waals surface area contributed by atoms with E-state index in [9.17, 15) is 14.7 Å². The summed E-state index contributed by atoms with van der Waals surface area (Å²) in [5.74, 6) is -0.738. The summed E-state index contributed by atoms with van der Waals surface area (Å²) in [4.78, 5) is 30.9. The van der Waals surface area contributed by atoms with Crippen LogP contribution in [0.2, 0.25) is 0 Å². The van der Waals surface area contributed by atoms with Crippen LogP contribution in [-0.4, -0.2) is 38.1 Å². The molecule has 3 aromatic rings. The van der Waals surface area contributed by atoms with E-state index in [-0.39, 0.29) is 24.7 Å². The number of benzene rings is 1. The maximum Gasteiger partial charge on any atom is 0.326 e. The molecular formula is C19H22N4O4. The van der Waals surface area contributed by atoms with E-state index in [1.165, 1.54) is 0 Å². The van der Waals surface area contributed by atoms with Gasteiger partial charge in [0.15, 0.2) is 0 Å². The van der Waals surface area contributed by atoms with E-state index in [1.807, 2.05) is 37.4 Å². The molecule has 2 atom stereocenters. The molecule has 0 saturated heterocycles. The zero-order valence-corrected chi connectivity index (χ0v) is 15.2. The average molecular weight is 370 g/mol. The lowest BCUT2D eigenvalue weighted by Gasteiger charge is -2.19. The second-order valence-electron chi connectivity index (χ2n) is 6.53. The van der Waals surface area contributed by atoms with Gasteiger partial charge in [0.1, 0.15) is 6.04 Å². The number of nitrogens with zero attached hydrogens (tertiary/aromatic N) is 2. The lowest BCUT2D eigenvalue weighted by Crippen LogP contribution is -2.45. The second-order valence-corrected chi connectivity index (χ2v) is 6.53. The van der Waals surface area contributed by atoms with Gasteiger partial charge in [-0.1, -0.05) is 37.6 Å². The Bertz CT molecular complexity index is 946. The fourth-order valence-corrected chi connectivity index (χ4v) is 2.90. The predicted octanol–water partition coefficient (Wildman–Crippen LogP) is 2.77. The number of carboxylic acid groups (broad SMARTS) is 1. The number of nitrogens with one attached hydrogen (secondary N) is 2. The fraction of sp³-hybridized carbons (Fsp3) is 0.368. The molecule has 0 aliphatic carbocycles. The van der Waals surface area contributed by atoms with E-state index in [1.54, 1.807) is 6.92 Å². The third-order valence-corrected chi connectivity index (χ3v) is 4.67. The Morgan fingerprint density at radius 1 is 1.33 bits per heavy atom. The SMILES string of the molecule is CC[C@H](C)[C@H](NC(=O)CCc1nc(-c2cccc3[nH]ccc23)no1)C(=O)O. The lowest BCUT2D eigenvalue weighted by atomic mass is 9.99. The van der Waals surface area contributed by atoms with E-state index >= 15 is 0 Å². The van der Waals surface area contributed by atoms with Crippen molar-refractivity contribution in [3.05, 3.63) is 36.4 Å². The Balaban J connectivity index is 1.64. The molecule has 0 bridgehead atoms. The molecule has 0 aliphatic rings. The van der Waals surface area contributed by atoms with E-state index in [0.29, 0.717) is 18.1 Å². The molecule has 27 heavy (non-hydrogen) atoms. The highest BCUT2D eigenvalue weighted by Crippen LogP contribution is 2.26. The summed E-state index contributed by atoms with van der Waals surface area (Å²) in [5, 5.41) is 16.8. The predicted molar refractivity (Wildman–Crippen MR) is 98.9 cm³/mol. The highest BCUT2D eigenvalue weighted by molar-refractivity contribution is 5.93. The summed E-state index contributed by atoms with van der Waals surface area (Å²) < 4.78 is 5.25. The smallest absolute Gasteiger partial charge is 0.326 e. The number of fused-ring (bicyclic) bond motifs is 1. The fourth-order valence-electron chi connectivity index (χ4n) is 2.90. The first-order chi connectivity index (χ1) is 13.0. The third-order valence-electron chi connectivity index (χ3n) is 4.67. The molecule has 0 radical (unpaired) electrons. The van der Waals surface area contributed by atoms with E-state index in [2.05, 4.69) is 20.4 Å². The number of carbonyl (C=O) groups excluding carboxylic acids is 1. The van der Waals surface area contributed by atoms with Gasteiger partial charge >= 0.3 is 5.97 Å². The first kappa shape index (κ1) is 18.6. The molecule has 0 aliphatic heterocycles. The number of aromatic amines is 1. The van der Waals surface area contributed by atoms with Gasteiger partial charge < -0.3 is 19.9 Å². The molecule has 142 valence electrons.